The van der Waals surface area contributed by atoms with E-state index in [1.807, 2.05) is 36.4 Å². The number of fused-ring (bicyclic) bond motifs is 1. The number of hydrogen-bond acceptors (Lipinski definition) is 3. The van der Waals surface area contributed by atoms with Crippen LogP contribution in [0.4, 0.5) is 0 Å². The summed E-state index contributed by atoms with van der Waals surface area (Å²) in [5, 5.41) is 10.4. The summed E-state index contributed by atoms with van der Waals surface area (Å²) < 4.78 is 5.66. The fraction of sp³-hybridized carbons (Fsp3) is 0.294. The summed E-state index contributed by atoms with van der Waals surface area (Å²) in [5.41, 5.74) is 0.568. The summed E-state index contributed by atoms with van der Waals surface area (Å²) in [6, 6.07) is 11.4. The highest BCUT2D eigenvalue weighted by atomic mass is 16.5. The predicted molar refractivity (Wildman–Crippen MR) is 80.9 cm³/mol. The summed E-state index contributed by atoms with van der Waals surface area (Å²) in [4.78, 5) is 21.7. The Balaban J connectivity index is 1.96. The Hall–Kier alpha value is -2.36. The van der Waals surface area contributed by atoms with Crippen LogP contribution < -0.4 is 4.74 Å². The van der Waals surface area contributed by atoms with Crippen molar-refractivity contribution in [2.24, 2.45) is 0 Å². The smallest absolute Gasteiger partial charge is 0.303 e. The molecule has 0 bridgehead atoms. The molecule has 1 N–H and O–H groups in total. The van der Waals surface area contributed by atoms with Crippen LogP contribution in [0.5, 0.6) is 5.75 Å². The third-order valence-corrected chi connectivity index (χ3v) is 3.34. The molecule has 4 heteroatoms. The minimum absolute atomic E-state index is 0.190. The van der Waals surface area contributed by atoms with Crippen LogP contribution in [0.25, 0.3) is 10.8 Å². The van der Waals surface area contributed by atoms with Crippen molar-refractivity contribution < 1.29 is 19.4 Å². The van der Waals surface area contributed by atoms with Crippen LogP contribution in [0.3, 0.4) is 0 Å². The molecule has 0 aliphatic rings. The van der Waals surface area contributed by atoms with E-state index in [2.05, 4.69) is 0 Å². The lowest BCUT2D eigenvalue weighted by molar-refractivity contribution is -0.137. The summed E-state index contributed by atoms with van der Waals surface area (Å²) >= 11 is 0. The molecule has 2 aromatic rings. The van der Waals surface area contributed by atoms with Crippen LogP contribution >= 0.6 is 0 Å². The fourth-order valence-corrected chi connectivity index (χ4v) is 2.26. The first-order chi connectivity index (χ1) is 10.2. The maximum absolute atomic E-state index is 11.3. The summed E-state index contributed by atoms with van der Waals surface area (Å²) in [6.07, 6.45) is 3.24. The number of aldehydes is 1. The Kier molecular flexibility index (Phi) is 5.32. The molecule has 0 atom stereocenters. The Morgan fingerprint density at radius 1 is 1.10 bits per heavy atom. The molecule has 0 saturated carbocycles. The zero-order valence-corrected chi connectivity index (χ0v) is 11.7. The van der Waals surface area contributed by atoms with Crippen LogP contribution in [0.2, 0.25) is 0 Å². The van der Waals surface area contributed by atoms with E-state index < -0.39 is 5.97 Å². The van der Waals surface area contributed by atoms with Gasteiger partial charge in [0, 0.05) is 6.42 Å². The minimum atomic E-state index is -0.770. The summed E-state index contributed by atoms with van der Waals surface area (Å²) in [6.45, 7) is 0.485. The van der Waals surface area contributed by atoms with Gasteiger partial charge in [0.25, 0.3) is 0 Å². The second-order valence-corrected chi connectivity index (χ2v) is 4.87. The maximum atomic E-state index is 11.3. The van der Waals surface area contributed by atoms with Crippen molar-refractivity contribution in [2.45, 2.75) is 25.7 Å². The van der Waals surface area contributed by atoms with E-state index in [1.54, 1.807) is 0 Å². The molecular weight excluding hydrogens is 268 g/mol. The van der Waals surface area contributed by atoms with Gasteiger partial charge in [0.1, 0.15) is 5.75 Å². The van der Waals surface area contributed by atoms with Crippen molar-refractivity contribution in [3.63, 3.8) is 0 Å². The number of benzene rings is 2. The Bertz CT molecular complexity index is 634. The van der Waals surface area contributed by atoms with E-state index in [1.165, 1.54) is 0 Å². The molecule has 0 unspecified atom stereocenters. The van der Waals surface area contributed by atoms with E-state index in [0.29, 0.717) is 24.3 Å². The number of hydrogen-bond donors (Lipinski definition) is 1. The fourth-order valence-electron chi connectivity index (χ4n) is 2.26. The molecule has 0 saturated heterocycles. The van der Waals surface area contributed by atoms with Gasteiger partial charge >= 0.3 is 5.97 Å². The number of aliphatic carboxylic acids is 1. The van der Waals surface area contributed by atoms with E-state index in [-0.39, 0.29) is 6.42 Å². The average molecular weight is 286 g/mol. The van der Waals surface area contributed by atoms with E-state index >= 15 is 0 Å². The molecule has 110 valence electrons. The van der Waals surface area contributed by atoms with Gasteiger partial charge in [-0.1, -0.05) is 30.3 Å². The highest BCUT2D eigenvalue weighted by Gasteiger charge is 2.07. The zero-order valence-electron chi connectivity index (χ0n) is 11.7. The lowest BCUT2D eigenvalue weighted by Crippen LogP contribution is -2.01. The SMILES string of the molecule is O=Cc1c(OCCCCCC(=O)O)ccc2ccccc12. The Morgan fingerprint density at radius 3 is 2.67 bits per heavy atom. The van der Waals surface area contributed by atoms with E-state index in [9.17, 15) is 9.59 Å². The van der Waals surface area contributed by atoms with Crippen LogP contribution in [0.1, 0.15) is 36.0 Å². The molecule has 0 radical (unpaired) electrons. The number of ether oxygens (including phenoxy) is 1. The molecule has 0 amide bonds. The van der Waals surface area contributed by atoms with Crippen molar-refractivity contribution in [1.29, 1.82) is 0 Å². The van der Waals surface area contributed by atoms with Gasteiger partial charge in [0.15, 0.2) is 6.29 Å². The summed E-state index contributed by atoms with van der Waals surface area (Å²) in [7, 11) is 0. The largest absolute Gasteiger partial charge is 0.493 e. The lowest BCUT2D eigenvalue weighted by Gasteiger charge is -2.10. The van der Waals surface area contributed by atoms with Gasteiger partial charge in [0.2, 0.25) is 0 Å². The van der Waals surface area contributed by atoms with Crippen molar-refractivity contribution in [3.05, 3.63) is 42.0 Å². The standard InChI is InChI=1S/C17H18O4/c18-12-15-14-7-4-3-6-13(14)9-10-16(15)21-11-5-1-2-8-17(19)20/h3-4,6-7,9-10,12H,1-2,5,8,11H2,(H,19,20). The number of carboxylic acid groups (broad SMARTS) is 1. The van der Waals surface area contributed by atoms with Crippen LogP contribution in [-0.2, 0) is 4.79 Å². The first-order valence-corrected chi connectivity index (χ1v) is 7.04. The maximum Gasteiger partial charge on any atom is 0.303 e. The second kappa shape index (κ2) is 7.43. The quantitative estimate of drug-likeness (QED) is 0.594. The van der Waals surface area contributed by atoms with Gasteiger partial charge in [-0.2, -0.15) is 0 Å². The average Bonchev–Trinajstić information content (AvgIpc) is 2.50. The lowest BCUT2D eigenvalue weighted by atomic mass is 10.0. The highest BCUT2D eigenvalue weighted by molar-refractivity contribution is 6.00. The molecule has 0 heterocycles. The summed E-state index contributed by atoms with van der Waals surface area (Å²) in [5.74, 6) is -0.185. The van der Waals surface area contributed by atoms with E-state index in [4.69, 9.17) is 9.84 Å². The molecule has 0 aromatic heterocycles. The predicted octanol–water partition coefficient (Wildman–Crippen LogP) is 3.68. The van der Waals surface area contributed by atoms with Gasteiger partial charge in [-0.3, -0.25) is 9.59 Å². The molecule has 0 fully saturated rings. The van der Waals surface area contributed by atoms with Gasteiger partial charge in [-0.25, -0.2) is 0 Å². The van der Waals surface area contributed by atoms with E-state index in [0.717, 1.165) is 29.9 Å². The molecule has 2 aromatic carbocycles. The molecule has 4 nitrogen and oxygen atoms in total. The van der Waals surface area contributed by atoms with Crippen molar-refractivity contribution in [1.82, 2.24) is 0 Å². The van der Waals surface area contributed by atoms with Gasteiger partial charge in [0.05, 0.1) is 12.2 Å². The zero-order chi connectivity index (χ0) is 15.1. The number of carboxylic acids is 1. The second-order valence-electron chi connectivity index (χ2n) is 4.87. The molecule has 21 heavy (non-hydrogen) atoms. The van der Waals surface area contributed by atoms with Crippen molar-refractivity contribution in [2.75, 3.05) is 6.61 Å². The molecular formula is C17H18O4. The number of carbonyl (C=O) groups is 2. The number of rotatable bonds is 8. The topological polar surface area (TPSA) is 63.6 Å². The van der Waals surface area contributed by atoms with Gasteiger partial charge in [-0.05, 0) is 36.1 Å². The highest BCUT2D eigenvalue weighted by Crippen LogP contribution is 2.26. The van der Waals surface area contributed by atoms with Crippen LogP contribution in [-0.4, -0.2) is 24.0 Å². The van der Waals surface area contributed by atoms with Gasteiger partial charge < -0.3 is 9.84 Å². The van der Waals surface area contributed by atoms with Gasteiger partial charge in [-0.15, -0.1) is 0 Å². The molecule has 0 aliphatic heterocycles. The normalized spacial score (nSPS) is 10.5. The first kappa shape index (κ1) is 15.0. The first-order valence-electron chi connectivity index (χ1n) is 7.04. The molecule has 2 rings (SSSR count). The van der Waals surface area contributed by atoms with Crippen molar-refractivity contribution in [3.8, 4) is 5.75 Å². The van der Waals surface area contributed by atoms with Crippen molar-refractivity contribution >= 4 is 23.0 Å². The third-order valence-electron chi connectivity index (χ3n) is 3.34. The number of carbonyl (C=O) groups excluding carboxylic acids is 1. The molecule has 0 aliphatic carbocycles. The van der Waals surface area contributed by atoms with Crippen LogP contribution in [0, 0.1) is 0 Å². The van der Waals surface area contributed by atoms with Crippen LogP contribution in [0.15, 0.2) is 36.4 Å². The molecule has 0 spiro atoms. The number of unbranched alkanes of at least 4 members (excludes halogenated alkanes) is 2. The third kappa shape index (κ3) is 4.05. The Morgan fingerprint density at radius 2 is 1.90 bits per heavy atom. The minimum Gasteiger partial charge on any atom is -0.493 e. The monoisotopic (exact) mass is 286 g/mol. The Labute approximate surface area is 123 Å².